The second-order valence-corrected chi connectivity index (χ2v) is 7.31. The molecule has 0 unspecified atom stereocenters. The van der Waals surface area contributed by atoms with Crippen LogP contribution in [0.15, 0.2) is 60.1 Å². The van der Waals surface area contributed by atoms with Crippen molar-refractivity contribution in [2.45, 2.75) is 13.3 Å². The van der Waals surface area contributed by atoms with E-state index in [9.17, 15) is 4.79 Å². The van der Waals surface area contributed by atoms with Crippen LogP contribution in [0.4, 0.5) is 10.5 Å². The monoisotopic (exact) mass is 390 g/mol. The molecule has 0 atom stereocenters. The number of carbonyl (C=O) groups is 1. The molecule has 1 N–H and O–H groups in total. The van der Waals surface area contributed by atoms with Gasteiger partial charge in [0.2, 0.25) is 0 Å². The van der Waals surface area contributed by atoms with E-state index >= 15 is 0 Å². The average Bonchev–Trinajstić information content (AvgIpc) is 3.06. The number of nitrogens with one attached hydrogen (secondary N) is 1. The van der Waals surface area contributed by atoms with E-state index in [0.717, 1.165) is 60.2 Å². The smallest absolute Gasteiger partial charge is 0.317 e. The minimum Gasteiger partial charge on any atom is -0.454 e. The van der Waals surface area contributed by atoms with Gasteiger partial charge in [0.25, 0.3) is 0 Å². The van der Waals surface area contributed by atoms with E-state index in [-0.39, 0.29) is 6.03 Å². The lowest BCUT2D eigenvalue weighted by molar-refractivity contribution is 0.201. The molecular weight excluding hydrogens is 364 g/mol. The molecule has 150 valence electrons. The predicted octanol–water partition coefficient (Wildman–Crippen LogP) is 4.08. The number of aliphatic imine (C=N–C) groups is 1. The maximum absolute atomic E-state index is 12.3. The SMILES string of the molecule is C=CCNC(=O)N1CCCN(C2=Nc3ccc(C)cc3Oc3ccccc32)CC1. The van der Waals surface area contributed by atoms with E-state index in [0.29, 0.717) is 13.1 Å². The molecule has 2 aliphatic rings. The van der Waals surface area contributed by atoms with Gasteiger partial charge < -0.3 is 19.9 Å². The lowest BCUT2D eigenvalue weighted by Gasteiger charge is -2.25. The summed E-state index contributed by atoms with van der Waals surface area (Å²) in [7, 11) is 0. The molecule has 0 radical (unpaired) electrons. The topological polar surface area (TPSA) is 57.2 Å². The standard InChI is InChI=1S/C23H26N4O2/c1-3-11-24-23(28)27-13-6-12-26(14-15-27)22-18-7-4-5-8-20(18)29-21-16-17(2)9-10-19(21)25-22/h3-5,7-10,16H,1,6,11-15H2,2H3,(H,24,28). The summed E-state index contributed by atoms with van der Waals surface area (Å²) in [5, 5.41) is 2.87. The first-order chi connectivity index (χ1) is 14.2. The van der Waals surface area contributed by atoms with Gasteiger partial charge in [-0.2, -0.15) is 0 Å². The van der Waals surface area contributed by atoms with Crippen LogP contribution < -0.4 is 10.1 Å². The van der Waals surface area contributed by atoms with Crippen LogP contribution in [0.3, 0.4) is 0 Å². The third kappa shape index (κ3) is 4.11. The fraction of sp³-hybridized carbons (Fsp3) is 0.304. The molecule has 0 aromatic heterocycles. The van der Waals surface area contributed by atoms with Crippen LogP contribution in [0.25, 0.3) is 0 Å². The fourth-order valence-electron chi connectivity index (χ4n) is 3.67. The number of urea groups is 1. The summed E-state index contributed by atoms with van der Waals surface area (Å²) in [5.41, 5.74) is 2.94. The number of benzene rings is 2. The van der Waals surface area contributed by atoms with E-state index in [1.54, 1.807) is 6.08 Å². The molecule has 0 bridgehead atoms. The van der Waals surface area contributed by atoms with Gasteiger partial charge in [-0.15, -0.1) is 6.58 Å². The molecule has 1 saturated heterocycles. The number of hydrogen-bond donors (Lipinski definition) is 1. The van der Waals surface area contributed by atoms with Crippen molar-refractivity contribution in [3.63, 3.8) is 0 Å². The Kier molecular flexibility index (Phi) is 5.51. The summed E-state index contributed by atoms with van der Waals surface area (Å²) in [6, 6.07) is 14.0. The largest absolute Gasteiger partial charge is 0.454 e. The van der Waals surface area contributed by atoms with Gasteiger partial charge in [0.05, 0.1) is 5.56 Å². The van der Waals surface area contributed by atoms with Gasteiger partial charge in [-0.05, 0) is 43.2 Å². The molecular formula is C23H26N4O2. The first-order valence-electron chi connectivity index (χ1n) is 10.0. The second-order valence-electron chi connectivity index (χ2n) is 7.31. The zero-order valence-electron chi connectivity index (χ0n) is 16.7. The Balaban J connectivity index is 1.63. The highest BCUT2D eigenvalue weighted by atomic mass is 16.5. The number of hydrogen-bond acceptors (Lipinski definition) is 4. The van der Waals surface area contributed by atoms with Crippen LogP contribution in [-0.2, 0) is 0 Å². The fourth-order valence-corrected chi connectivity index (χ4v) is 3.67. The van der Waals surface area contributed by atoms with Gasteiger partial charge in [-0.3, -0.25) is 0 Å². The van der Waals surface area contributed by atoms with E-state index in [1.165, 1.54) is 0 Å². The highest BCUT2D eigenvalue weighted by molar-refractivity contribution is 6.03. The Hall–Kier alpha value is -3.28. The van der Waals surface area contributed by atoms with Gasteiger partial charge in [0.15, 0.2) is 5.75 Å². The van der Waals surface area contributed by atoms with Crippen LogP contribution in [0.5, 0.6) is 11.5 Å². The van der Waals surface area contributed by atoms with Crippen molar-refractivity contribution in [1.29, 1.82) is 0 Å². The van der Waals surface area contributed by atoms with E-state index < -0.39 is 0 Å². The molecule has 2 heterocycles. The summed E-state index contributed by atoms with van der Waals surface area (Å²) >= 11 is 0. The van der Waals surface area contributed by atoms with Crippen molar-refractivity contribution >= 4 is 17.6 Å². The zero-order valence-corrected chi connectivity index (χ0v) is 16.7. The van der Waals surface area contributed by atoms with E-state index in [4.69, 9.17) is 9.73 Å². The van der Waals surface area contributed by atoms with Crippen LogP contribution in [-0.4, -0.2) is 54.4 Å². The molecule has 2 aliphatic heterocycles. The molecule has 0 spiro atoms. The molecule has 2 aromatic rings. The minimum atomic E-state index is -0.0425. The van der Waals surface area contributed by atoms with Crippen molar-refractivity contribution < 1.29 is 9.53 Å². The van der Waals surface area contributed by atoms with Crippen molar-refractivity contribution in [1.82, 2.24) is 15.1 Å². The van der Waals surface area contributed by atoms with Crippen molar-refractivity contribution in [3.8, 4) is 11.5 Å². The van der Waals surface area contributed by atoms with Gasteiger partial charge >= 0.3 is 6.03 Å². The number of fused-ring (bicyclic) bond motifs is 2. The lowest BCUT2D eigenvalue weighted by atomic mass is 10.1. The van der Waals surface area contributed by atoms with Gasteiger partial charge in [-0.25, -0.2) is 9.79 Å². The molecule has 4 rings (SSSR count). The molecule has 2 aromatic carbocycles. The quantitative estimate of drug-likeness (QED) is 0.786. The number of amides is 2. The summed E-state index contributed by atoms with van der Waals surface area (Å²) in [6.45, 7) is 9.10. The summed E-state index contributed by atoms with van der Waals surface area (Å²) in [5.74, 6) is 2.48. The Labute approximate surface area is 171 Å². The average molecular weight is 390 g/mol. The first-order valence-corrected chi connectivity index (χ1v) is 10.0. The lowest BCUT2D eigenvalue weighted by Crippen LogP contribution is -2.42. The van der Waals surface area contributed by atoms with Gasteiger partial charge in [0, 0.05) is 32.7 Å². The van der Waals surface area contributed by atoms with E-state index in [2.05, 4.69) is 16.8 Å². The van der Waals surface area contributed by atoms with Crippen molar-refractivity contribution in [2.75, 3.05) is 32.7 Å². The maximum Gasteiger partial charge on any atom is 0.317 e. The summed E-state index contributed by atoms with van der Waals surface area (Å²) in [6.07, 6.45) is 2.57. The Bertz CT molecular complexity index is 954. The number of carbonyl (C=O) groups excluding carboxylic acids is 1. The number of ether oxygens (including phenoxy) is 1. The highest BCUT2D eigenvalue weighted by Crippen LogP contribution is 2.38. The zero-order chi connectivity index (χ0) is 20.2. The summed E-state index contributed by atoms with van der Waals surface area (Å²) in [4.78, 5) is 21.5. The van der Waals surface area contributed by atoms with Crippen LogP contribution in [0.1, 0.15) is 17.5 Å². The summed E-state index contributed by atoms with van der Waals surface area (Å²) < 4.78 is 6.21. The number of nitrogens with zero attached hydrogens (tertiary/aromatic N) is 3. The Morgan fingerprint density at radius 3 is 2.90 bits per heavy atom. The van der Waals surface area contributed by atoms with Crippen LogP contribution in [0.2, 0.25) is 0 Å². The van der Waals surface area contributed by atoms with E-state index in [1.807, 2.05) is 54.3 Å². The molecule has 29 heavy (non-hydrogen) atoms. The third-order valence-corrected chi connectivity index (χ3v) is 5.17. The maximum atomic E-state index is 12.3. The normalized spacial score (nSPS) is 15.8. The van der Waals surface area contributed by atoms with Gasteiger partial charge in [0.1, 0.15) is 17.3 Å². The van der Waals surface area contributed by atoms with Crippen LogP contribution in [0, 0.1) is 6.92 Å². The molecule has 0 saturated carbocycles. The predicted molar refractivity (Wildman–Crippen MR) is 115 cm³/mol. The van der Waals surface area contributed by atoms with Crippen molar-refractivity contribution in [3.05, 3.63) is 66.2 Å². The first kappa shape index (κ1) is 19.1. The third-order valence-electron chi connectivity index (χ3n) is 5.17. The van der Waals surface area contributed by atoms with Gasteiger partial charge in [-0.1, -0.05) is 24.3 Å². The number of aryl methyl sites for hydroxylation is 1. The molecule has 2 amide bonds. The molecule has 1 fully saturated rings. The number of rotatable bonds is 2. The Morgan fingerprint density at radius 1 is 1.17 bits per heavy atom. The molecule has 6 nitrogen and oxygen atoms in total. The number of para-hydroxylation sites is 1. The molecule has 6 heteroatoms. The Morgan fingerprint density at radius 2 is 2.03 bits per heavy atom. The van der Waals surface area contributed by atoms with Crippen molar-refractivity contribution in [2.24, 2.45) is 4.99 Å². The minimum absolute atomic E-state index is 0.0425. The van der Waals surface area contributed by atoms with Crippen LogP contribution >= 0.6 is 0 Å². The highest BCUT2D eigenvalue weighted by Gasteiger charge is 2.25. The second kappa shape index (κ2) is 8.39. The molecule has 0 aliphatic carbocycles. The number of amidine groups is 1.